The number of rotatable bonds is 4. The van der Waals surface area contributed by atoms with E-state index in [0.717, 1.165) is 11.7 Å². The molecule has 0 fully saturated rings. The average Bonchev–Trinajstić information content (AvgIpc) is 2.84. The highest BCUT2D eigenvalue weighted by atomic mass is 35.5. The Morgan fingerprint density at radius 3 is 2.75 bits per heavy atom. The van der Waals surface area contributed by atoms with Crippen LogP contribution in [0.5, 0.6) is 0 Å². The van der Waals surface area contributed by atoms with Gasteiger partial charge in [0.25, 0.3) is 0 Å². The average molecular weight is 273 g/mol. The van der Waals surface area contributed by atoms with Crippen LogP contribution in [-0.4, -0.2) is 11.0 Å². The van der Waals surface area contributed by atoms with Gasteiger partial charge < -0.3 is 4.90 Å². The Bertz CT molecular complexity index is 437. The summed E-state index contributed by atoms with van der Waals surface area (Å²) in [6.45, 7) is 5.24. The molecule has 0 atom stereocenters. The maximum atomic E-state index is 5.87. The van der Waals surface area contributed by atoms with Crippen molar-refractivity contribution in [3.05, 3.63) is 32.9 Å². The summed E-state index contributed by atoms with van der Waals surface area (Å²) in [5, 5.41) is 5.55. The number of thiophene rings is 1. The summed E-state index contributed by atoms with van der Waals surface area (Å²) in [5.74, 6) is 0. The van der Waals surface area contributed by atoms with E-state index in [2.05, 4.69) is 41.2 Å². The van der Waals surface area contributed by atoms with Crippen molar-refractivity contribution >= 4 is 39.4 Å². The van der Waals surface area contributed by atoms with Gasteiger partial charge in [0.2, 0.25) is 0 Å². The van der Waals surface area contributed by atoms with Crippen molar-refractivity contribution in [1.82, 2.24) is 4.98 Å². The molecule has 0 aliphatic rings. The van der Waals surface area contributed by atoms with Gasteiger partial charge in [-0.1, -0.05) is 17.7 Å². The number of halogens is 1. The van der Waals surface area contributed by atoms with E-state index in [4.69, 9.17) is 11.6 Å². The fourth-order valence-electron chi connectivity index (χ4n) is 1.42. The van der Waals surface area contributed by atoms with Crippen LogP contribution in [0, 0.1) is 0 Å². The van der Waals surface area contributed by atoms with Gasteiger partial charge in [0.1, 0.15) is 5.15 Å². The maximum absolute atomic E-state index is 5.87. The minimum atomic E-state index is 0.421. The van der Waals surface area contributed by atoms with Crippen molar-refractivity contribution in [2.24, 2.45) is 0 Å². The SMILES string of the molecule is CC(C)N(Cc1cccs1)c1nc(Cl)cs1. The summed E-state index contributed by atoms with van der Waals surface area (Å²) in [6, 6.07) is 4.65. The summed E-state index contributed by atoms with van der Waals surface area (Å²) in [5.41, 5.74) is 0. The second-order valence-electron chi connectivity index (χ2n) is 3.75. The highest BCUT2D eigenvalue weighted by Crippen LogP contribution is 2.27. The van der Waals surface area contributed by atoms with Crippen LogP contribution in [0.1, 0.15) is 18.7 Å². The van der Waals surface area contributed by atoms with Gasteiger partial charge in [-0.15, -0.1) is 22.7 Å². The molecule has 2 nitrogen and oxygen atoms in total. The molecule has 5 heteroatoms. The first-order chi connectivity index (χ1) is 7.66. The zero-order valence-corrected chi connectivity index (χ0v) is 11.6. The Morgan fingerprint density at radius 2 is 2.25 bits per heavy atom. The molecule has 2 aromatic heterocycles. The fraction of sp³-hybridized carbons (Fsp3) is 0.364. The van der Waals surface area contributed by atoms with E-state index in [0.29, 0.717) is 11.2 Å². The quantitative estimate of drug-likeness (QED) is 0.826. The molecule has 0 radical (unpaired) electrons. The molecule has 0 aromatic carbocycles. The van der Waals surface area contributed by atoms with Crippen molar-refractivity contribution in [3.8, 4) is 0 Å². The highest BCUT2D eigenvalue weighted by Gasteiger charge is 2.15. The van der Waals surface area contributed by atoms with Gasteiger partial charge in [-0.05, 0) is 25.3 Å². The molecular weight excluding hydrogens is 260 g/mol. The molecule has 0 unspecified atom stereocenters. The molecular formula is C11H13ClN2S2. The van der Waals surface area contributed by atoms with Gasteiger partial charge in [0, 0.05) is 16.3 Å². The standard InChI is InChI=1S/C11H13ClN2S2/c1-8(2)14(6-9-4-3-5-15-9)11-13-10(12)7-16-11/h3-5,7-8H,6H2,1-2H3. The fourth-order valence-corrected chi connectivity index (χ4v) is 3.20. The van der Waals surface area contributed by atoms with Gasteiger partial charge in [-0.3, -0.25) is 0 Å². The lowest BCUT2D eigenvalue weighted by molar-refractivity contribution is 0.685. The Balaban J connectivity index is 2.18. The Labute approximate surface area is 109 Å². The largest absolute Gasteiger partial charge is 0.340 e. The van der Waals surface area contributed by atoms with E-state index < -0.39 is 0 Å². The number of hydrogen-bond acceptors (Lipinski definition) is 4. The molecule has 0 spiro atoms. The van der Waals surface area contributed by atoms with Crippen LogP contribution in [0.15, 0.2) is 22.9 Å². The van der Waals surface area contributed by atoms with Crippen LogP contribution in [0.3, 0.4) is 0 Å². The second-order valence-corrected chi connectivity index (χ2v) is 6.01. The topological polar surface area (TPSA) is 16.1 Å². The first kappa shape index (κ1) is 11.9. The lowest BCUT2D eigenvalue weighted by atomic mass is 10.3. The van der Waals surface area contributed by atoms with E-state index >= 15 is 0 Å². The van der Waals surface area contributed by atoms with Crippen molar-refractivity contribution in [2.75, 3.05) is 4.90 Å². The van der Waals surface area contributed by atoms with Crippen LogP contribution >= 0.6 is 34.3 Å². The Hall–Kier alpha value is -0.580. The number of nitrogens with zero attached hydrogens (tertiary/aromatic N) is 2. The number of thiazole rings is 1. The molecule has 0 bridgehead atoms. The molecule has 0 aliphatic carbocycles. The maximum Gasteiger partial charge on any atom is 0.187 e. The zero-order chi connectivity index (χ0) is 11.5. The van der Waals surface area contributed by atoms with Crippen LogP contribution in [0.25, 0.3) is 0 Å². The molecule has 0 amide bonds. The molecule has 0 saturated heterocycles. The molecule has 2 heterocycles. The first-order valence-electron chi connectivity index (χ1n) is 5.07. The van der Waals surface area contributed by atoms with Crippen molar-refractivity contribution in [2.45, 2.75) is 26.4 Å². The Kier molecular flexibility index (Phi) is 3.84. The van der Waals surface area contributed by atoms with Gasteiger partial charge in [-0.25, -0.2) is 4.98 Å². The summed E-state index contributed by atoms with van der Waals surface area (Å²) in [7, 11) is 0. The van der Waals surface area contributed by atoms with Gasteiger partial charge >= 0.3 is 0 Å². The monoisotopic (exact) mass is 272 g/mol. The van der Waals surface area contributed by atoms with Crippen LogP contribution < -0.4 is 4.90 Å². The van der Waals surface area contributed by atoms with E-state index in [-0.39, 0.29) is 0 Å². The molecule has 2 rings (SSSR count). The summed E-state index contributed by atoms with van der Waals surface area (Å²) >= 11 is 9.23. The molecule has 86 valence electrons. The molecule has 2 aromatic rings. The van der Waals surface area contributed by atoms with E-state index in [9.17, 15) is 0 Å². The van der Waals surface area contributed by atoms with E-state index in [1.165, 1.54) is 4.88 Å². The van der Waals surface area contributed by atoms with E-state index in [1.54, 1.807) is 22.7 Å². The summed E-state index contributed by atoms with van der Waals surface area (Å²) in [4.78, 5) is 7.94. The Morgan fingerprint density at radius 1 is 1.44 bits per heavy atom. The zero-order valence-electron chi connectivity index (χ0n) is 9.18. The highest BCUT2D eigenvalue weighted by molar-refractivity contribution is 7.14. The van der Waals surface area contributed by atoms with Crippen LogP contribution in [-0.2, 0) is 6.54 Å². The van der Waals surface area contributed by atoms with E-state index in [1.807, 2.05) is 5.38 Å². The summed E-state index contributed by atoms with van der Waals surface area (Å²) in [6.07, 6.45) is 0. The van der Waals surface area contributed by atoms with Crippen molar-refractivity contribution < 1.29 is 0 Å². The van der Waals surface area contributed by atoms with Gasteiger partial charge in [0.15, 0.2) is 5.13 Å². The van der Waals surface area contributed by atoms with Gasteiger partial charge in [0.05, 0.1) is 6.54 Å². The van der Waals surface area contributed by atoms with Crippen LogP contribution in [0.4, 0.5) is 5.13 Å². The van der Waals surface area contributed by atoms with Crippen LogP contribution in [0.2, 0.25) is 5.15 Å². The predicted octanol–water partition coefficient (Wildman–Crippen LogP) is 4.27. The second kappa shape index (κ2) is 5.17. The normalized spacial score (nSPS) is 11.0. The van der Waals surface area contributed by atoms with Gasteiger partial charge in [-0.2, -0.15) is 0 Å². The first-order valence-corrected chi connectivity index (χ1v) is 7.20. The predicted molar refractivity (Wildman–Crippen MR) is 72.8 cm³/mol. The number of anilines is 1. The third-order valence-corrected chi connectivity index (χ3v) is 4.30. The van der Waals surface area contributed by atoms with Crippen molar-refractivity contribution in [1.29, 1.82) is 0 Å². The number of aromatic nitrogens is 1. The minimum absolute atomic E-state index is 0.421. The lowest BCUT2D eigenvalue weighted by Gasteiger charge is -2.25. The molecule has 0 N–H and O–H groups in total. The minimum Gasteiger partial charge on any atom is -0.340 e. The summed E-state index contributed by atoms with van der Waals surface area (Å²) < 4.78 is 0. The third-order valence-electron chi connectivity index (χ3n) is 2.24. The smallest absolute Gasteiger partial charge is 0.187 e. The molecule has 0 saturated carbocycles. The number of hydrogen-bond donors (Lipinski definition) is 0. The molecule has 0 aliphatic heterocycles. The third kappa shape index (κ3) is 2.75. The van der Waals surface area contributed by atoms with Crippen molar-refractivity contribution in [3.63, 3.8) is 0 Å². The molecule has 16 heavy (non-hydrogen) atoms. The lowest BCUT2D eigenvalue weighted by Crippen LogP contribution is -2.29.